The molecule has 0 saturated carbocycles. The van der Waals surface area contributed by atoms with E-state index in [0.29, 0.717) is 18.4 Å². The number of rotatable bonds is 11. The van der Waals surface area contributed by atoms with E-state index in [1.165, 1.54) is 11.9 Å². The van der Waals surface area contributed by atoms with Crippen molar-refractivity contribution < 1.29 is 14.6 Å². The molecule has 2 heterocycles. The number of aryl methyl sites for hydroxylation is 3. The van der Waals surface area contributed by atoms with Gasteiger partial charge in [0.15, 0.2) is 0 Å². The van der Waals surface area contributed by atoms with E-state index in [0.717, 1.165) is 45.0 Å². The average molecular weight is 575 g/mol. The summed E-state index contributed by atoms with van der Waals surface area (Å²) in [6, 6.07) is 12.9. The van der Waals surface area contributed by atoms with Crippen LogP contribution in [-0.4, -0.2) is 43.5 Å². The lowest BCUT2D eigenvalue weighted by atomic mass is 9.88. The molecule has 0 bridgehead atoms. The molecule has 4 rings (SSSR count). The highest BCUT2D eigenvalue weighted by Gasteiger charge is 2.22. The number of ether oxygens (including phenoxy) is 1. The number of nitrogens with one attached hydrogen (secondary N) is 2. The number of aromatic nitrogens is 4. The van der Waals surface area contributed by atoms with Crippen molar-refractivity contribution >= 4 is 29.6 Å². The Morgan fingerprint density at radius 2 is 1.80 bits per heavy atom. The summed E-state index contributed by atoms with van der Waals surface area (Å²) < 4.78 is 11.4. The van der Waals surface area contributed by atoms with Gasteiger partial charge in [-0.2, -0.15) is 10.1 Å². The maximum absolute atomic E-state index is 11.4. The van der Waals surface area contributed by atoms with E-state index in [2.05, 4.69) is 61.9 Å². The summed E-state index contributed by atoms with van der Waals surface area (Å²) in [7, 11) is 1.89. The molecule has 10 heteroatoms. The van der Waals surface area contributed by atoms with Crippen LogP contribution in [0.15, 0.2) is 59.8 Å². The molecule has 2 aromatic heterocycles. The minimum absolute atomic E-state index is 0.0155. The highest BCUT2D eigenvalue weighted by atomic mass is 32.2. The van der Waals surface area contributed by atoms with Gasteiger partial charge in [-0.15, -0.1) is 0 Å². The van der Waals surface area contributed by atoms with Crippen LogP contribution in [0.25, 0.3) is 11.3 Å². The van der Waals surface area contributed by atoms with E-state index in [9.17, 15) is 9.90 Å². The second-order valence-electron chi connectivity index (χ2n) is 11.4. The van der Waals surface area contributed by atoms with Crippen molar-refractivity contribution in [1.82, 2.24) is 19.7 Å². The number of carbonyl (C=O) groups is 1. The third-order valence-corrected chi connectivity index (χ3v) is 7.29. The van der Waals surface area contributed by atoms with Crippen molar-refractivity contribution in [2.24, 2.45) is 12.5 Å². The van der Waals surface area contributed by atoms with Crippen molar-refractivity contribution in [1.29, 1.82) is 0 Å². The first kappa shape index (κ1) is 29.9. The molecule has 9 nitrogen and oxygen atoms in total. The predicted molar refractivity (Wildman–Crippen MR) is 165 cm³/mol. The maximum Gasteiger partial charge on any atom is 0.335 e. The number of anilines is 2. The molecule has 0 radical (unpaired) electrons. The fourth-order valence-corrected chi connectivity index (χ4v) is 5.35. The van der Waals surface area contributed by atoms with E-state index < -0.39 is 5.97 Å². The van der Waals surface area contributed by atoms with Crippen molar-refractivity contribution in [3.8, 4) is 17.1 Å². The van der Waals surface area contributed by atoms with Gasteiger partial charge < -0.3 is 15.2 Å². The summed E-state index contributed by atoms with van der Waals surface area (Å²) in [5, 5.41) is 17.2. The minimum atomic E-state index is -0.975. The van der Waals surface area contributed by atoms with Gasteiger partial charge in [-0.05, 0) is 73.9 Å². The van der Waals surface area contributed by atoms with Crippen LogP contribution in [0.2, 0.25) is 0 Å². The van der Waals surface area contributed by atoms with Gasteiger partial charge >= 0.3 is 5.97 Å². The number of hydrogen-bond donors (Lipinski definition) is 3. The molecule has 4 aromatic rings. The molecule has 0 spiro atoms. The predicted octanol–water partition coefficient (Wildman–Crippen LogP) is 6.92. The molecular formula is C31H38N6O3S. The highest BCUT2D eigenvalue weighted by molar-refractivity contribution is 8.00. The Kier molecular flexibility index (Phi) is 9.22. The lowest BCUT2D eigenvalue weighted by molar-refractivity contribution is 0.0696. The normalized spacial score (nSPS) is 12.2. The lowest BCUT2D eigenvalue weighted by Crippen LogP contribution is -2.31. The van der Waals surface area contributed by atoms with Crippen LogP contribution >= 0.6 is 11.9 Å². The second kappa shape index (κ2) is 12.6. The molecule has 41 heavy (non-hydrogen) atoms. The summed E-state index contributed by atoms with van der Waals surface area (Å²) in [4.78, 5) is 21.8. The van der Waals surface area contributed by atoms with Crippen molar-refractivity contribution in [2.75, 3.05) is 16.6 Å². The quantitative estimate of drug-likeness (QED) is 0.164. The standard InChI is InChI=1S/C31H38N6O3S/c1-19-10-8-11-20(2)26(19)27-21(3)28(35-30(34-27)36-41-25-13-9-12-22(14-25)29(38)39)40-18-23(15-31(4,5)6)33-24-16-32-37(7)17-24/h8-14,16-17,23,33H,15,18H2,1-7H3,(H,38,39)(H,34,35,36). The molecule has 0 aliphatic rings. The SMILES string of the molecule is Cc1cccc(C)c1-c1nc(NSc2cccc(C(=O)O)c2)nc(OCC(CC(C)(C)C)Nc2cnn(C)c2)c1C. The number of carboxylic acid groups (broad SMARTS) is 1. The summed E-state index contributed by atoms with van der Waals surface area (Å²) in [5.41, 5.74) is 6.11. The van der Waals surface area contributed by atoms with Crippen LogP contribution in [0, 0.1) is 26.2 Å². The van der Waals surface area contributed by atoms with E-state index >= 15 is 0 Å². The average Bonchev–Trinajstić information content (AvgIpc) is 3.31. The first-order chi connectivity index (χ1) is 19.4. The monoisotopic (exact) mass is 574 g/mol. The summed E-state index contributed by atoms with van der Waals surface area (Å²) >= 11 is 1.25. The topological polar surface area (TPSA) is 114 Å². The Bertz CT molecular complexity index is 1510. The largest absolute Gasteiger partial charge is 0.478 e. The highest BCUT2D eigenvalue weighted by Crippen LogP contribution is 2.34. The molecule has 3 N–H and O–H groups in total. The van der Waals surface area contributed by atoms with Crippen LogP contribution in [0.5, 0.6) is 5.88 Å². The van der Waals surface area contributed by atoms with Crippen molar-refractivity contribution in [2.45, 2.75) is 58.9 Å². The van der Waals surface area contributed by atoms with Gasteiger partial charge in [0.05, 0.1) is 29.2 Å². The van der Waals surface area contributed by atoms with Gasteiger partial charge in [-0.25, -0.2) is 9.78 Å². The molecule has 2 aromatic carbocycles. The van der Waals surface area contributed by atoms with Gasteiger partial charge in [0, 0.05) is 29.3 Å². The Hall–Kier alpha value is -4.05. The number of nitrogens with zero attached hydrogens (tertiary/aromatic N) is 4. The van der Waals surface area contributed by atoms with Gasteiger partial charge in [-0.3, -0.25) is 9.40 Å². The molecule has 1 unspecified atom stereocenters. The first-order valence-corrected chi connectivity index (χ1v) is 14.3. The number of hydrogen-bond acceptors (Lipinski definition) is 8. The van der Waals surface area contributed by atoms with Gasteiger partial charge in [-0.1, -0.05) is 45.0 Å². The first-order valence-electron chi connectivity index (χ1n) is 13.5. The van der Waals surface area contributed by atoms with Gasteiger partial charge in [0.25, 0.3) is 0 Å². The fourth-order valence-electron chi connectivity index (χ4n) is 4.71. The molecule has 0 saturated heterocycles. The van der Waals surface area contributed by atoms with Gasteiger partial charge in [0.1, 0.15) is 6.61 Å². The van der Waals surface area contributed by atoms with E-state index in [1.54, 1.807) is 22.9 Å². The zero-order valence-electron chi connectivity index (χ0n) is 24.6. The third-order valence-electron chi connectivity index (χ3n) is 6.52. The summed E-state index contributed by atoms with van der Waals surface area (Å²) in [5.74, 6) is -0.106. The van der Waals surface area contributed by atoms with Crippen molar-refractivity contribution in [3.05, 3.63) is 77.1 Å². The Labute approximate surface area is 245 Å². The van der Waals surface area contributed by atoms with E-state index in [1.807, 2.05) is 38.5 Å². The molecule has 0 amide bonds. The lowest BCUT2D eigenvalue weighted by Gasteiger charge is -2.27. The van der Waals surface area contributed by atoms with E-state index in [4.69, 9.17) is 14.7 Å². The zero-order valence-corrected chi connectivity index (χ0v) is 25.5. The Morgan fingerprint density at radius 1 is 1.10 bits per heavy atom. The van der Waals surface area contributed by atoms with Crippen LogP contribution in [-0.2, 0) is 7.05 Å². The van der Waals surface area contributed by atoms with Crippen molar-refractivity contribution in [3.63, 3.8) is 0 Å². The summed E-state index contributed by atoms with van der Waals surface area (Å²) in [6.07, 6.45) is 4.63. The molecule has 1 atom stereocenters. The number of aromatic carboxylic acids is 1. The van der Waals surface area contributed by atoms with Crippen LogP contribution < -0.4 is 14.8 Å². The summed E-state index contributed by atoms with van der Waals surface area (Å²) in [6.45, 7) is 13.1. The zero-order chi connectivity index (χ0) is 29.7. The van der Waals surface area contributed by atoms with Crippen LogP contribution in [0.1, 0.15) is 54.2 Å². The molecule has 0 aliphatic heterocycles. The third kappa shape index (κ3) is 8.00. The maximum atomic E-state index is 11.4. The second-order valence-corrected chi connectivity index (χ2v) is 12.3. The minimum Gasteiger partial charge on any atom is -0.478 e. The Morgan fingerprint density at radius 3 is 2.44 bits per heavy atom. The van der Waals surface area contributed by atoms with Crippen LogP contribution in [0.4, 0.5) is 11.6 Å². The number of carboxylic acids is 1. The van der Waals surface area contributed by atoms with E-state index in [-0.39, 0.29) is 17.0 Å². The number of benzene rings is 2. The van der Waals surface area contributed by atoms with Gasteiger partial charge in [0.2, 0.25) is 11.8 Å². The fraction of sp³-hybridized carbons (Fsp3) is 0.355. The molecule has 0 aliphatic carbocycles. The molecular weight excluding hydrogens is 536 g/mol. The smallest absolute Gasteiger partial charge is 0.335 e. The molecule has 0 fully saturated rings. The van der Waals surface area contributed by atoms with Crippen LogP contribution in [0.3, 0.4) is 0 Å². The Balaban J connectivity index is 1.66. The molecule has 216 valence electrons.